The predicted octanol–water partition coefficient (Wildman–Crippen LogP) is 2.16. The van der Waals surface area contributed by atoms with E-state index in [1.165, 1.54) is 0 Å². The number of fused-ring (bicyclic) bond motifs is 1. The highest BCUT2D eigenvalue weighted by Gasteiger charge is 2.31. The van der Waals surface area contributed by atoms with E-state index in [1.807, 2.05) is 50.2 Å². The summed E-state index contributed by atoms with van der Waals surface area (Å²) >= 11 is 0. The van der Waals surface area contributed by atoms with E-state index < -0.39 is 5.54 Å². The average Bonchev–Trinajstić information content (AvgIpc) is 3.43. The van der Waals surface area contributed by atoms with E-state index in [1.54, 1.807) is 0 Å². The molecule has 3 aromatic rings. The lowest BCUT2D eigenvalue weighted by molar-refractivity contribution is 0.125. The highest BCUT2D eigenvalue weighted by Crippen LogP contribution is 2.36. The van der Waals surface area contributed by atoms with Gasteiger partial charge in [0.2, 0.25) is 5.82 Å². The van der Waals surface area contributed by atoms with Crippen LogP contribution < -0.4 is 15.4 Å². The molecule has 0 atom stereocenters. The molecule has 4 N–H and O–H groups in total. The van der Waals surface area contributed by atoms with Crippen LogP contribution in [-0.4, -0.2) is 58.8 Å². The van der Waals surface area contributed by atoms with Crippen LogP contribution in [0, 0.1) is 6.92 Å². The Morgan fingerprint density at radius 1 is 1.23 bits per heavy atom. The summed E-state index contributed by atoms with van der Waals surface area (Å²) in [4.78, 5) is 6.72. The molecule has 0 unspecified atom stereocenters. The van der Waals surface area contributed by atoms with Gasteiger partial charge in [-0.2, -0.15) is 4.98 Å². The topological polar surface area (TPSA) is 118 Å². The molecule has 2 aromatic carbocycles. The van der Waals surface area contributed by atoms with Gasteiger partial charge in [-0.15, -0.1) is 0 Å². The second-order valence-corrected chi connectivity index (χ2v) is 7.99. The van der Waals surface area contributed by atoms with Gasteiger partial charge >= 0.3 is 0 Å². The molecule has 0 bridgehead atoms. The number of ether oxygens (including phenoxy) is 1. The Bertz CT molecular complexity index is 1060. The molecule has 0 aliphatic carbocycles. The number of anilines is 1. The molecular weight excluding hydrogens is 396 g/mol. The van der Waals surface area contributed by atoms with Crippen molar-refractivity contribution in [3.63, 3.8) is 0 Å². The number of rotatable bonds is 8. The minimum Gasteiger partial charge on any atom is -0.494 e. The Kier molecular flexibility index (Phi) is 5.95. The van der Waals surface area contributed by atoms with Crippen LogP contribution in [0.4, 0.5) is 5.69 Å². The second kappa shape index (κ2) is 8.66. The molecule has 1 aliphatic rings. The maximum atomic E-state index is 9.55. The van der Waals surface area contributed by atoms with Gasteiger partial charge < -0.3 is 30.1 Å². The van der Waals surface area contributed by atoms with Crippen molar-refractivity contribution in [2.75, 3.05) is 37.8 Å². The van der Waals surface area contributed by atoms with Crippen molar-refractivity contribution in [1.29, 1.82) is 0 Å². The molecule has 2 heterocycles. The van der Waals surface area contributed by atoms with Crippen LogP contribution in [0.3, 0.4) is 0 Å². The lowest BCUT2D eigenvalue weighted by atomic mass is 10.0. The summed E-state index contributed by atoms with van der Waals surface area (Å²) in [7, 11) is 0. The first-order chi connectivity index (χ1) is 15.0. The van der Waals surface area contributed by atoms with Crippen molar-refractivity contribution in [2.24, 2.45) is 5.73 Å². The highest BCUT2D eigenvalue weighted by atomic mass is 16.5. The van der Waals surface area contributed by atoms with E-state index in [0.717, 1.165) is 46.7 Å². The zero-order valence-electron chi connectivity index (χ0n) is 17.8. The van der Waals surface area contributed by atoms with Gasteiger partial charge in [0, 0.05) is 29.9 Å². The zero-order chi connectivity index (χ0) is 22.0. The van der Waals surface area contributed by atoms with E-state index in [2.05, 4.69) is 15.0 Å². The van der Waals surface area contributed by atoms with Crippen LogP contribution in [0.5, 0.6) is 5.75 Å². The van der Waals surface area contributed by atoms with Crippen LogP contribution in [0.15, 0.2) is 40.9 Å². The summed E-state index contributed by atoms with van der Waals surface area (Å²) < 4.78 is 11.2. The van der Waals surface area contributed by atoms with Crippen molar-refractivity contribution in [2.45, 2.75) is 25.8 Å². The second-order valence-electron chi connectivity index (χ2n) is 7.99. The number of nitrogens with zero attached hydrogens (tertiary/aromatic N) is 3. The lowest BCUT2D eigenvalue weighted by Crippen LogP contribution is -2.55. The largest absolute Gasteiger partial charge is 0.494 e. The summed E-state index contributed by atoms with van der Waals surface area (Å²) in [5.41, 5.74) is 9.92. The van der Waals surface area contributed by atoms with Crippen molar-refractivity contribution < 1.29 is 19.5 Å². The molecule has 31 heavy (non-hydrogen) atoms. The van der Waals surface area contributed by atoms with Crippen LogP contribution in [0.2, 0.25) is 0 Å². The fourth-order valence-corrected chi connectivity index (χ4v) is 3.90. The number of hydrogen-bond acceptors (Lipinski definition) is 8. The van der Waals surface area contributed by atoms with E-state index in [-0.39, 0.29) is 13.2 Å². The summed E-state index contributed by atoms with van der Waals surface area (Å²) in [5.74, 6) is 1.76. The molecular formula is C23H28N4O4. The van der Waals surface area contributed by atoms with Crippen molar-refractivity contribution >= 4 is 5.69 Å². The molecule has 0 fully saturated rings. The molecule has 8 heteroatoms. The van der Waals surface area contributed by atoms with Crippen LogP contribution in [0.25, 0.3) is 22.8 Å². The van der Waals surface area contributed by atoms with Gasteiger partial charge in [0.15, 0.2) is 0 Å². The number of benzene rings is 2. The number of aryl methyl sites for hydroxylation is 1. The molecule has 0 saturated carbocycles. The van der Waals surface area contributed by atoms with Crippen LogP contribution in [0.1, 0.15) is 18.1 Å². The molecule has 0 radical (unpaired) electrons. The smallest absolute Gasteiger partial charge is 0.258 e. The average molecular weight is 425 g/mol. The first-order valence-electron chi connectivity index (χ1n) is 10.4. The quantitative estimate of drug-likeness (QED) is 0.503. The Morgan fingerprint density at radius 2 is 2.03 bits per heavy atom. The van der Waals surface area contributed by atoms with Gasteiger partial charge in [-0.3, -0.25) is 0 Å². The molecule has 8 nitrogen and oxygen atoms in total. The molecule has 0 saturated heterocycles. The monoisotopic (exact) mass is 424 g/mol. The Balaban J connectivity index is 1.63. The van der Waals surface area contributed by atoms with Crippen molar-refractivity contribution in [1.82, 2.24) is 10.1 Å². The molecule has 0 spiro atoms. The third-order valence-electron chi connectivity index (χ3n) is 5.66. The van der Waals surface area contributed by atoms with Crippen molar-refractivity contribution in [3.05, 3.63) is 47.5 Å². The lowest BCUT2D eigenvalue weighted by Gasteiger charge is -2.31. The van der Waals surface area contributed by atoms with E-state index in [9.17, 15) is 10.2 Å². The van der Waals surface area contributed by atoms with Crippen LogP contribution in [-0.2, 0) is 6.42 Å². The Hall–Kier alpha value is -2.94. The molecule has 4 rings (SSSR count). The first kappa shape index (κ1) is 21.3. The molecule has 1 aromatic heterocycles. The summed E-state index contributed by atoms with van der Waals surface area (Å²) in [6, 6.07) is 11.8. The SMILES string of the molecule is CCOc1cc(-c2nc(-c3cccc4c3CCN4CC(N)(CO)CO)no2)ccc1C. The summed E-state index contributed by atoms with van der Waals surface area (Å²) in [6.45, 7) is 5.06. The normalized spacial score (nSPS) is 13.5. The van der Waals surface area contributed by atoms with Gasteiger partial charge in [0.05, 0.1) is 25.4 Å². The number of aliphatic hydroxyl groups is 2. The number of aromatic nitrogens is 2. The third-order valence-corrected chi connectivity index (χ3v) is 5.66. The van der Waals surface area contributed by atoms with Crippen LogP contribution >= 0.6 is 0 Å². The molecule has 0 amide bonds. The number of hydrogen-bond donors (Lipinski definition) is 3. The van der Waals surface area contributed by atoms with Gasteiger partial charge in [0.1, 0.15) is 5.75 Å². The Morgan fingerprint density at radius 3 is 2.77 bits per heavy atom. The van der Waals surface area contributed by atoms with E-state index in [4.69, 9.17) is 15.0 Å². The van der Waals surface area contributed by atoms with Gasteiger partial charge in [0.25, 0.3) is 5.89 Å². The molecule has 164 valence electrons. The summed E-state index contributed by atoms with van der Waals surface area (Å²) in [6.07, 6.45) is 0.793. The van der Waals surface area contributed by atoms with E-state index >= 15 is 0 Å². The third kappa shape index (κ3) is 4.14. The van der Waals surface area contributed by atoms with Gasteiger partial charge in [-0.05, 0) is 49.6 Å². The first-order valence-corrected chi connectivity index (χ1v) is 10.4. The fourth-order valence-electron chi connectivity index (χ4n) is 3.90. The number of aliphatic hydroxyl groups excluding tert-OH is 2. The standard InChI is InChI=1S/C23H28N4O4/c1-3-30-20-11-16(8-7-15(20)2)22-25-21(26-31-22)18-5-4-6-19-17(18)9-10-27(19)12-23(24,13-28)14-29/h4-8,11,28-29H,3,9-10,12-14,24H2,1-2H3. The zero-order valence-corrected chi connectivity index (χ0v) is 17.8. The fraction of sp³-hybridized carbons (Fsp3) is 0.391. The van der Waals surface area contributed by atoms with Crippen molar-refractivity contribution in [3.8, 4) is 28.6 Å². The maximum Gasteiger partial charge on any atom is 0.258 e. The minimum absolute atomic E-state index is 0.288. The highest BCUT2D eigenvalue weighted by molar-refractivity contribution is 5.74. The van der Waals surface area contributed by atoms with Gasteiger partial charge in [-0.1, -0.05) is 23.4 Å². The minimum atomic E-state index is -1.05. The number of nitrogens with two attached hydrogens (primary N) is 1. The summed E-state index contributed by atoms with van der Waals surface area (Å²) in [5, 5.41) is 23.3. The van der Waals surface area contributed by atoms with Gasteiger partial charge in [-0.25, -0.2) is 0 Å². The predicted molar refractivity (Wildman–Crippen MR) is 118 cm³/mol. The Labute approximate surface area is 181 Å². The molecule has 1 aliphatic heterocycles. The maximum absolute atomic E-state index is 9.55. The van der Waals surface area contributed by atoms with E-state index in [0.29, 0.717) is 24.9 Å².